The Morgan fingerprint density at radius 3 is 2.57 bits per heavy atom. The van der Waals surface area contributed by atoms with Crippen LogP contribution < -0.4 is 10.6 Å². The zero-order valence-corrected chi connectivity index (χ0v) is 17.2. The van der Waals surface area contributed by atoms with Crippen LogP contribution in [-0.4, -0.2) is 36.2 Å². The minimum Gasteiger partial charge on any atom is -0.456 e. The third-order valence-corrected chi connectivity index (χ3v) is 4.99. The zero-order valence-electron chi connectivity index (χ0n) is 17.2. The van der Waals surface area contributed by atoms with E-state index in [1.54, 1.807) is 44.2 Å². The van der Waals surface area contributed by atoms with Crippen LogP contribution in [0, 0.1) is 12.8 Å². The molecule has 0 spiro atoms. The highest BCUT2D eigenvalue weighted by molar-refractivity contribution is 6.03. The SMILES string of the molecule is Cc1ccccc1C(=O)N[C@H](C(=O)OCC(=O)c1ccc2c(c1)CC(=O)N2)C(C)C. The van der Waals surface area contributed by atoms with Crippen LogP contribution in [0.1, 0.15) is 45.7 Å². The number of benzene rings is 2. The number of anilines is 1. The van der Waals surface area contributed by atoms with Gasteiger partial charge in [0.1, 0.15) is 6.04 Å². The van der Waals surface area contributed by atoms with Gasteiger partial charge in [0.15, 0.2) is 12.4 Å². The number of aryl methyl sites for hydroxylation is 1. The predicted molar refractivity (Wildman–Crippen MR) is 111 cm³/mol. The maximum Gasteiger partial charge on any atom is 0.329 e. The van der Waals surface area contributed by atoms with Crippen molar-refractivity contribution in [1.82, 2.24) is 5.32 Å². The molecule has 0 aliphatic carbocycles. The molecule has 2 aromatic rings. The minimum atomic E-state index is -0.883. The number of fused-ring (bicyclic) bond motifs is 1. The average Bonchev–Trinajstić information content (AvgIpc) is 3.09. The van der Waals surface area contributed by atoms with Gasteiger partial charge in [-0.3, -0.25) is 14.4 Å². The molecule has 7 nitrogen and oxygen atoms in total. The number of Topliss-reactive ketones (excluding diaryl/α,β-unsaturated/α-hetero) is 1. The standard InChI is InChI=1S/C23H24N2O5/c1-13(2)21(25-22(28)17-7-5-4-6-14(17)3)23(29)30-12-19(26)15-8-9-18-16(10-15)11-20(27)24-18/h4-10,13,21H,11-12H2,1-3H3,(H,24,27)(H,25,28)/t21-/m0/s1. The van der Waals surface area contributed by atoms with Crippen molar-refractivity contribution in [3.63, 3.8) is 0 Å². The Labute approximate surface area is 174 Å². The minimum absolute atomic E-state index is 0.120. The van der Waals surface area contributed by atoms with Crippen LogP contribution in [0.4, 0.5) is 5.69 Å². The number of esters is 1. The van der Waals surface area contributed by atoms with Gasteiger partial charge in [0.2, 0.25) is 5.91 Å². The zero-order chi connectivity index (χ0) is 21.8. The Morgan fingerprint density at radius 2 is 1.87 bits per heavy atom. The number of rotatable bonds is 7. The van der Waals surface area contributed by atoms with Gasteiger partial charge in [-0.1, -0.05) is 32.0 Å². The molecule has 0 fully saturated rings. The maximum absolute atomic E-state index is 12.6. The van der Waals surface area contributed by atoms with Crippen molar-refractivity contribution >= 4 is 29.3 Å². The first-order valence-electron chi connectivity index (χ1n) is 9.75. The Hall–Kier alpha value is -3.48. The van der Waals surface area contributed by atoms with Gasteiger partial charge >= 0.3 is 5.97 Å². The van der Waals surface area contributed by atoms with E-state index in [0.29, 0.717) is 16.8 Å². The van der Waals surface area contributed by atoms with Crippen molar-refractivity contribution in [2.75, 3.05) is 11.9 Å². The van der Waals surface area contributed by atoms with E-state index in [1.807, 2.05) is 19.1 Å². The Morgan fingerprint density at radius 1 is 1.13 bits per heavy atom. The lowest BCUT2D eigenvalue weighted by Gasteiger charge is -2.21. The second-order valence-electron chi connectivity index (χ2n) is 7.64. The lowest BCUT2D eigenvalue weighted by molar-refractivity contribution is -0.146. The van der Waals surface area contributed by atoms with E-state index in [4.69, 9.17) is 4.74 Å². The van der Waals surface area contributed by atoms with Crippen molar-refractivity contribution in [3.05, 3.63) is 64.7 Å². The van der Waals surface area contributed by atoms with Gasteiger partial charge in [0.05, 0.1) is 6.42 Å². The molecule has 7 heteroatoms. The number of ether oxygens (including phenoxy) is 1. The van der Waals surface area contributed by atoms with Crippen molar-refractivity contribution in [1.29, 1.82) is 0 Å². The van der Waals surface area contributed by atoms with Gasteiger partial charge < -0.3 is 15.4 Å². The molecule has 1 aliphatic rings. The third-order valence-electron chi connectivity index (χ3n) is 4.99. The van der Waals surface area contributed by atoms with E-state index < -0.39 is 18.6 Å². The molecule has 156 valence electrons. The van der Waals surface area contributed by atoms with Crippen LogP contribution in [0.2, 0.25) is 0 Å². The molecular weight excluding hydrogens is 384 g/mol. The Bertz CT molecular complexity index is 1010. The molecule has 0 saturated carbocycles. The fraction of sp³-hybridized carbons (Fsp3) is 0.304. The second-order valence-corrected chi connectivity index (χ2v) is 7.64. The molecule has 30 heavy (non-hydrogen) atoms. The number of hydrogen-bond acceptors (Lipinski definition) is 5. The average molecular weight is 408 g/mol. The van der Waals surface area contributed by atoms with Gasteiger partial charge in [-0.2, -0.15) is 0 Å². The summed E-state index contributed by atoms with van der Waals surface area (Å²) in [5.74, 6) is -1.76. The molecule has 0 aromatic heterocycles. The summed E-state index contributed by atoms with van der Waals surface area (Å²) < 4.78 is 5.20. The Balaban J connectivity index is 1.62. The van der Waals surface area contributed by atoms with Crippen molar-refractivity contribution in [2.45, 2.75) is 33.2 Å². The fourth-order valence-electron chi connectivity index (χ4n) is 3.26. The summed E-state index contributed by atoms with van der Waals surface area (Å²) in [6, 6.07) is 11.1. The first-order valence-corrected chi connectivity index (χ1v) is 9.75. The molecule has 0 unspecified atom stereocenters. The highest BCUT2D eigenvalue weighted by atomic mass is 16.5. The van der Waals surface area contributed by atoms with Crippen LogP contribution >= 0.6 is 0 Å². The molecule has 2 N–H and O–H groups in total. The first kappa shape index (κ1) is 21.2. The van der Waals surface area contributed by atoms with Crippen molar-refractivity contribution < 1.29 is 23.9 Å². The van der Waals surface area contributed by atoms with Gasteiger partial charge in [-0.05, 0) is 48.2 Å². The summed E-state index contributed by atoms with van der Waals surface area (Å²) >= 11 is 0. The molecule has 0 saturated heterocycles. The number of carbonyl (C=O) groups excluding carboxylic acids is 4. The van der Waals surface area contributed by atoms with E-state index in [-0.39, 0.29) is 29.9 Å². The van der Waals surface area contributed by atoms with Crippen LogP contribution in [0.5, 0.6) is 0 Å². The number of ketones is 1. The first-order chi connectivity index (χ1) is 14.3. The molecule has 1 heterocycles. The van der Waals surface area contributed by atoms with Gasteiger partial charge in [-0.25, -0.2) is 4.79 Å². The summed E-state index contributed by atoms with van der Waals surface area (Å²) in [6.45, 7) is 4.95. The van der Waals surface area contributed by atoms with Crippen LogP contribution in [0.3, 0.4) is 0 Å². The highest BCUT2D eigenvalue weighted by Crippen LogP contribution is 2.24. The maximum atomic E-state index is 12.6. The van der Waals surface area contributed by atoms with Crippen molar-refractivity contribution in [2.24, 2.45) is 5.92 Å². The molecule has 3 rings (SSSR count). The number of nitrogens with one attached hydrogen (secondary N) is 2. The summed E-state index contributed by atoms with van der Waals surface area (Å²) in [4.78, 5) is 49.0. The third kappa shape index (κ3) is 4.74. The fourth-order valence-corrected chi connectivity index (χ4v) is 3.26. The molecular formula is C23H24N2O5. The topological polar surface area (TPSA) is 102 Å². The summed E-state index contributed by atoms with van der Waals surface area (Å²) in [5, 5.41) is 5.41. The largest absolute Gasteiger partial charge is 0.456 e. The van der Waals surface area contributed by atoms with E-state index in [2.05, 4.69) is 10.6 Å². The van der Waals surface area contributed by atoms with E-state index >= 15 is 0 Å². The number of hydrogen-bond donors (Lipinski definition) is 2. The van der Waals surface area contributed by atoms with E-state index in [1.165, 1.54) is 0 Å². The number of amides is 2. The van der Waals surface area contributed by atoms with Gasteiger partial charge in [-0.15, -0.1) is 0 Å². The lowest BCUT2D eigenvalue weighted by Crippen LogP contribution is -2.45. The van der Waals surface area contributed by atoms with Crippen LogP contribution in [0.25, 0.3) is 0 Å². The monoisotopic (exact) mass is 408 g/mol. The number of carbonyl (C=O) groups is 4. The quantitative estimate of drug-likeness (QED) is 0.542. The van der Waals surface area contributed by atoms with Crippen LogP contribution in [0.15, 0.2) is 42.5 Å². The second kappa shape index (κ2) is 8.90. The Kier molecular flexibility index (Phi) is 6.30. The van der Waals surface area contributed by atoms with E-state index in [0.717, 1.165) is 11.1 Å². The van der Waals surface area contributed by atoms with Crippen molar-refractivity contribution in [3.8, 4) is 0 Å². The molecule has 1 atom stereocenters. The van der Waals surface area contributed by atoms with Gasteiger partial charge in [0.25, 0.3) is 5.91 Å². The summed E-state index contributed by atoms with van der Waals surface area (Å²) in [6.07, 6.45) is 0.219. The molecule has 0 bridgehead atoms. The lowest BCUT2D eigenvalue weighted by atomic mass is 10.0. The smallest absolute Gasteiger partial charge is 0.329 e. The van der Waals surface area contributed by atoms with Crippen LogP contribution in [-0.2, 0) is 20.7 Å². The molecule has 2 aromatic carbocycles. The summed E-state index contributed by atoms with van der Waals surface area (Å²) in [7, 11) is 0. The summed E-state index contributed by atoms with van der Waals surface area (Å²) in [5.41, 5.74) is 3.07. The molecule has 0 radical (unpaired) electrons. The molecule has 2 amide bonds. The predicted octanol–water partition coefficient (Wildman–Crippen LogP) is 2.67. The molecule has 1 aliphatic heterocycles. The highest BCUT2D eigenvalue weighted by Gasteiger charge is 2.27. The van der Waals surface area contributed by atoms with E-state index in [9.17, 15) is 19.2 Å². The normalized spacial score (nSPS) is 13.4. The van der Waals surface area contributed by atoms with Gasteiger partial charge in [0, 0.05) is 16.8 Å².